The van der Waals surface area contributed by atoms with Crippen LogP contribution < -0.4 is 15.5 Å². The molecule has 1 amide bonds. The molecule has 1 atom stereocenters. The average molecular weight is 502 g/mol. The molecule has 3 heterocycles. The minimum absolute atomic E-state index is 0.0618. The Bertz CT molecular complexity index is 1430. The number of halogens is 1. The van der Waals surface area contributed by atoms with Gasteiger partial charge in [0, 0.05) is 41.5 Å². The molecule has 0 bridgehead atoms. The lowest BCUT2D eigenvalue weighted by molar-refractivity contribution is -0.119. The zero-order valence-electron chi connectivity index (χ0n) is 21.0. The minimum atomic E-state index is -0.513. The maximum absolute atomic E-state index is 15.4. The molecule has 0 saturated carbocycles. The summed E-state index contributed by atoms with van der Waals surface area (Å²) in [7, 11) is 3.64. The Labute approximate surface area is 214 Å². The standard InChI is InChI=1S/C27H28FN7O2/c1-27(15-36)14-31-25-17(12-29)10-16(11-19(25)27)20-6-8-30-26(32-20)33-21-4-5-22-18(24(21)28)7-9-35(22)23(37)13-34(2)3/h4-6,8,10-11,31,36H,7,9,13-15H2,1-3H3,(H,30,32,33)/t27-/m0/s1. The molecule has 0 unspecified atom stereocenters. The number of benzene rings is 2. The number of anilines is 4. The SMILES string of the molecule is CN(C)CC(=O)N1CCc2c1ccc(Nc1nccc(-c3cc(C#N)c4c(c3)[C@](C)(CO)CN4)n1)c2F. The Kier molecular flexibility index (Phi) is 6.27. The third-order valence-corrected chi connectivity index (χ3v) is 6.96. The second-order valence-corrected chi connectivity index (χ2v) is 9.98. The molecule has 2 aromatic carbocycles. The van der Waals surface area contributed by atoms with E-state index in [4.69, 9.17) is 0 Å². The number of aliphatic hydroxyl groups excluding tert-OH is 1. The highest BCUT2D eigenvalue weighted by atomic mass is 19.1. The molecule has 1 aromatic heterocycles. The molecule has 3 aromatic rings. The molecule has 2 aliphatic heterocycles. The molecule has 0 fully saturated rings. The van der Waals surface area contributed by atoms with E-state index >= 15 is 4.39 Å². The van der Waals surface area contributed by atoms with E-state index < -0.39 is 11.2 Å². The summed E-state index contributed by atoms with van der Waals surface area (Å²) in [6.45, 7) is 3.10. The quantitative estimate of drug-likeness (QED) is 0.472. The van der Waals surface area contributed by atoms with Gasteiger partial charge in [-0.2, -0.15) is 5.26 Å². The van der Waals surface area contributed by atoms with Crippen LogP contribution in [0.2, 0.25) is 0 Å². The van der Waals surface area contributed by atoms with Crippen molar-refractivity contribution in [2.45, 2.75) is 18.8 Å². The van der Waals surface area contributed by atoms with Crippen LogP contribution in [0.25, 0.3) is 11.3 Å². The monoisotopic (exact) mass is 501 g/mol. The minimum Gasteiger partial charge on any atom is -0.395 e. The summed E-state index contributed by atoms with van der Waals surface area (Å²) in [4.78, 5) is 24.8. The largest absolute Gasteiger partial charge is 0.395 e. The van der Waals surface area contributed by atoms with Crippen molar-refractivity contribution in [1.82, 2.24) is 14.9 Å². The van der Waals surface area contributed by atoms with Crippen molar-refractivity contribution >= 4 is 28.9 Å². The molecular formula is C27H28FN7O2. The molecule has 3 N–H and O–H groups in total. The molecule has 9 nitrogen and oxygen atoms in total. The van der Waals surface area contributed by atoms with Gasteiger partial charge in [-0.15, -0.1) is 0 Å². The summed E-state index contributed by atoms with van der Waals surface area (Å²) in [6.07, 6.45) is 2.00. The van der Waals surface area contributed by atoms with Gasteiger partial charge in [0.2, 0.25) is 11.9 Å². The van der Waals surface area contributed by atoms with E-state index in [2.05, 4.69) is 26.7 Å². The summed E-state index contributed by atoms with van der Waals surface area (Å²) in [6, 6.07) is 11.0. The summed E-state index contributed by atoms with van der Waals surface area (Å²) in [5, 5.41) is 25.9. The first-order chi connectivity index (χ1) is 17.7. The number of amides is 1. The van der Waals surface area contributed by atoms with Gasteiger partial charge in [0.1, 0.15) is 6.07 Å². The number of carbonyl (C=O) groups is 1. The predicted molar refractivity (Wildman–Crippen MR) is 139 cm³/mol. The number of rotatable bonds is 6. The van der Waals surface area contributed by atoms with Crippen LogP contribution in [0.3, 0.4) is 0 Å². The van der Waals surface area contributed by atoms with E-state index in [0.717, 1.165) is 11.3 Å². The Hall–Kier alpha value is -4.07. The van der Waals surface area contributed by atoms with Gasteiger partial charge >= 0.3 is 0 Å². The number of likely N-dealkylation sites (N-methyl/N-ethyl adjacent to an activating group) is 1. The predicted octanol–water partition coefficient (Wildman–Crippen LogP) is 3.02. The number of aromatic nitrogens is 2. The fourth-order valence-electron chi connectivity index (χ4n) is 4.92. The normalized spacial score (nSPS) is 17.8. The van der Waals surface area contributed by atoms with Gasteiger partial charge in [0.15, 0.2) is 5.82 Å². The van der Waals surface area contributed by atoms with Gasteiger partial charge in [0.25, 0.3) is 0 Å². The first kappa shape index (κ1) is 24.6. The average Bonchev–Trinajstić information content (AvgIpc) is 3.47. The van der Waals surface area contributed by atoms with Crippen molar-refractivity contribution < 1.29 is 14.3 Å². The van der Waals surface area contributed by atoms with Gasteiger partial charge in [-0.25, -0.2) is 14.4 Å². The van der Waals surface area contributed by atoms with E-state index in [1.807, 2.05) is 27.1 Å². The van der Waals surface area contributed by atoms with Crippen molar-refractivity contribution in [3.8, 4) is 17.3 Å². The lowest BCUT2D eigenvalue weighted by Gasteiger charge is -2.21. The smallest absolute Gasteiger partial charge is 0.241 e. The first-order valence-electron chi connectivity index (χ1n) is 12.0. The molecular weight excluding hydrogens is 473 g/mol. The number of carbonyl (C=O) groups excluding carboxylic acids is 1. The lowest BCUT2D eigenvalue weighted by Crippen LogP contribution is -2.36. The van der Waals surface area contributed by atoms with Crippen LogP contribution in [-0.4, -0.2) is 66.2 Å². The Balaban J connectivity index is 1.44. The molecule has 0 aliphatic carbocycles. The topological polar surface area (TPSA) is 117 Å². The maximum atomic E-state index is 15.4. The van der Waals surface area contributed by atoms with Crippen LogP contribution in [0.4, 0.5) is 27.4 Å². The van der Waals surface area contributed by atoms with Gasteiger partial charge < -0.3 is 25.5 Å². The number of nitrogens with one attached hydrogen (secondary N) is 2. The molecule has 37 heavy (non-hydrogen) atoms. The summed E-state index contributed by atoms with van der Waals surface area (Å²) in [5.74, 6) is -0.295. The van der Waals surface area contributed by atoms with Crippen LogP contribution in [0.1, 0.15) is 23.6 Å². The lowest BCUT2D eigenvalue weighted by atomic mass is 9.83. The fraction of sp³-hybridized carbons (Fsp3) is 0.333. The highest BCUT2D eigenvalue weighted by Crippen LogP contribution is 2.41. The number of fused-ring (bicyclic) bond motifs is 2. The second kappa shape index (κ2) is 9.42. The summed E-state index contributed by atoms with van der Waals surface area (Å²) in [5.41, 5.74) is 4.11. The highest BCUT2D eigenvalue weighted by molar-refractivity contribution is 5.97. The van der Waals surface area contributed by atoms with E-state index in [9.17, 15) is 15.2 Å². The third kappa shape index (κ3) is 4.37. The Morgan fingerprint density at radius 1 is 1.35 bits per heavy atom. The van der Waals surface area contributed by atoms with Crippen LogP contribution in [-0.2, 0) is 16.6 Å². The number of nitriles is 1. The molecule has 0 saturated heterocycles. The fourth-order valence-corrected chi connectivity index (χ4v) is 4.92. The first-order valence-corrected chi connectivity index (χ1v) is 12.0. The van der Waals surface area contributed by atoms with Crippen molar-refractivity contribution in [2.24, 2.45) is 0 Å². The molecule has 0 radical (unpaired) electrons. The van der Waals surface area contributed by atoms with Gasteiger partial charge in [-0.1, -0.05) is 6.92 Å². The maximum Gasteiger partial charge on any atom is 0.241 e. The number of hydrogen-bond acceptors (Lipinski definition) is 8. The Morgan fingerprint density at radius 2 is 2.16 bits per heavy atom. The van der Waals surface area contributed by atoms with Crippen molar-refractivity contribution in [3.05, 3.63) is 59.0 Å². The molecule has 5 rings (SSSR count). The van der Waals surface area contributed by atoms with Crippen molar-refractivity contribution in [1.29, 1.82) is 5.26 Å². The molecule has 0 spiro atoms. The van der Waals surface area contributed by atoms with E-state index in [1.54, 1.807) is 40.3 Å². The van der Waals surface area contributed by atoms with Crippen LogP contribution in [0.15, 0.2) is 36.5 Å². The third-order valence-electron chi connectivity index (χ3n) is 6.96. The number of nitrogens with zero attached hydrogens (tertiary/aromatic N) is 5. The van der Waals surface area contributed by atoms with E-state index in [-0.39, 0.29) is 30.7 Å². The van der Waals surface area contributed by atoms with Crippen molar-refractivity contribution in [2.75, 3.05) is 55.9 Å². The zero-order valence-corrected chi connectivity index (χ0v) is 21.0. The van der Waals surface area contributed by atoms with Crippen LogP contribution in [0, 0.1) is 17.1 Å². The second-order valence-electron chi connectivity index (χ2n) is 9.98. The molecule has 10 heteroatoms. The zero-order chi connectivity index (χ0) is 26.3. The van der Waals surface area contributed by atoms with Gasteiger partial charge in [-0.05, 0) is 56.4 Å². The molecule has 190 valence electrons. The highest BCUT2D eigenvalue weighted by Gasteiger charge is 2.36. The summed E-state index contributed by atoms with van der Waals surface area (Å²) < 4.78 is 15.4. The molecule has 2 aliphatic rings. The Morgan fingerprint density at radius 3 is 2.89 bits per heavy atom. The van der Waals surface area contributed by atoms with E-state index in [0.29, 0.717) is 47.6 Å². The van der Waals surface area contributed by atoms with Crippen LogP contribution in [0.5, 0.6) is 0 Å². The van der Waals surface area contributed by atoms with Gasteiger partial charge in [0.05, 0.1) is 35.8 Å². The number of aliphatic hydroxyl groups is 1. The number of hydrogen-bond donors (Lipinski definition) is 3. The summed E-state index contributed by atoms with van der Waals surface area (Å²) >= 11 is 0. The van der Waals surface area contributed by atoms with E-state index in [1.165, 1.54) is 0 Å². The van der Waals surface area contributed by atoms with Gasteiger partial charge in [-0.3, -0.25) is 4.79 Å². The van der Waals surface area contributed by atoms with Crippen LogP contribution >= 0.6 is 0 Å². The van der Waals surface area contributed by atoms with Crippen molar-refractivity contribution in [3.63, 3.8) is 0 Å².